The molecule has 3 rings (SSSR count). The van der Waals surface area contributed by atoms with Gasteiger partial charge in [-0.05, 0) is 60.9 Å². The van der Waals surface area contributed by atoms with Crippen molar-refractivity contribution >= 4 is 50.7 Å². The number of amides is 2. The molecule has 208 valence electrons. The maximum Gasteiger partial charge on any atom is 0.264 e. The Bertz CT molecular complexity index is 1380. The molecule has 7 nitrogen and oxygen atoms in total. The molecule has 0 aliphatic heterocycles. The number of anilines is 1. The van der Waals surface area contributed by atoms with E-state index in [0.717, 1.165) is 4.31 Å². The Morgan fingerprint density at radius 3 is 2.08 bits per heavy atom. The van der Waals surface area contributed by atoms with Gasteiger partial charge in [0.2, 0.25) is 11.8 Å². The zero-order valence-corrected chi connectivity index (χ0v) is 24.1. The van der Waals surface area contributed by atoms with Gasteiger partial charge in [-0.3, -0.25) is 13.9 Å². The van der Waals surface area contributed by atoms with E-state index in [-0.39, 0.29) is 33.1 Å². The fraction of sp³-hybridized carbons (Fsp3) is 0.286. The van der Waals surface area contributed by atoms with Crippen LogP contribution < -0.4 is 9.62 Å². The molecule has 0 aromatic heterocycles. The summed E-state index contributed by atoms with van der Waals surface area (Å²) in [5, 5.41) is 3.17. The molecule has 0 aliphatic carbocycles. The minimum atomic E-state index is -4.24. The molecule has 0 aliphatic rings. The van der Waals surface area contributed by atoms with Crippen molar-refractivity contribution in [3.8, 4) is 0 Å². The monoisotopic (exact) mass is 593 g/mol. The third kappa shape index (κ3) is 8.17. The fourth-order valence-corrected chi connectivity index (χ4v) is 5.69. The van der Waals surface area contributed by atoms with Crippen LogP contribution in [0, 0.1) is 11.7 Å². The normalized spacial score (nSPS) is 12.2. The van der Waals surface area contributed by atoms with Crippen molar-refractivity contribution in [1.82, 2.24) is 10.2 Å². The molecule has 1 N–H and O–H groups in total. The first-order chi connectivity index (χ1) is 18.4. The molecule has 3 aromatic rings. The second kappa shape index (κ2) is 13.3. The van der Waals surface area contributed by atoms with Gasteiger partial charge in [0.05, 0.1) is 10.6 Å². The molecule has 1 atom stereocenters. The molecule has 0 saturated heterocycles. The molecule has 2 amide bonds. The molecular weight excluding hydrogens is 564 g/mol. The lowest BCUT2D eigenvalue weighted by atomic mass is 10.1. The van der Waals surface area contributed by atoms with Crippen LogP contribution in [0.2, 0.25) is 10.0 Å². The molecule has 11 heteroatoms. The zero-order chi connectivity index (χ0) is 28.7. The summed E-state index contributed by atoms with van der Waals surface area (Å²) < 4.78 is 41.9. The molecular formula is C28H30Cl2FN3O4S. The summed E-state index contributed by atoms with van der Waals surface area (Å²) in [7, 11) is -4.24. The summed E-state index contributed by atoms with van der Waals surface area (Å²) in [5.74, 6) is -1.32. The molecule has 0 radical (unpaired) electrons. The van der Waals surface area contributed by atoms with Crippen LogP contribution in [0.5, 0.6) is 0 Å². The van der Waals surface area contributed by atoms with Gasteiger partial charge >= 0.3 is 0 Å². The lowest BCUT2D eigenvalue weighted by molar-refractivity contribution is -0.139. The standard InChI is InChI=1S/C28H30Cl2FN3O4S/c1-19(2)16-32-28(36)20(3)33(17-21-9-11-24(31)12-10-21)27(35)18-34(25-14-22(29)13-23(30)15-25)39(37,38)26-7-5-4-6-8-26/h4-15,19-20H,16-18H2,1-3H3,(H,32,36). The van der Waals surface area contributed by atoms with Gasteiger partial charge in [0, 0.05) is 23.1 Å². The lowest BCUT2D eigenvalue weighted by Crippen LogP contribution is -2.51. The van der Waals surface area contributed by atoms with Crippen molar-refractivity contribution in [3.05, 3.63) is 94.2 Å². The minimum absolute atomic E-state index is 0.0401. The van der Waals surface area contributed by atoms with Gasteiger partial charge in [0.25, 0.3) is 10.0 Å². The van der Waals surface area contributed by atoms with Crippen LogP contribution in [0.15, 0.2) is 77.7 Å². The largest absolute Gasteiger partial charge is 0.354 e. The summed E-state index contributed by atoms with van der Waals surface area (Å²) in [6.07, 6.45) is 0. The molecule has 0 fully saturated rings. The first kappa shape index (κ1) is 30.4. The lowest BCUT2D eigenvalue weighted by Gasteiger charge is -2.32. The van der Waals surface area contributed by atoms with Crippen molar-refractivity contribution < 1.29 is 22.4 Å². The van der Waals surface area contributed by atoms with Crippen LogP contribution in [0.3, 0.4) is 0 Å². The zero-order valence-electron chi connectivity index (χ0n) is 21.8. The highest BCUT2D eigenvalue weighted by Gasteiger charge is 2.32. The van der Waals surface area contributed by atoms with E-state index in [9.17, 15) is 22.4 Å². The topological polar surface area (TPSA) is 86.8 Å². The third-order valence-corrected chi connectivity index (χ3v) is 8.09. The number of hydrogen-bond donors (Lipinski definition) is 1. The quantitative estimate of drug-likeness (QED) is 0.317. The van der Waals surface area contributed by atoms with E-state index < -0.39 is 40.2 Å². The Hall–Kier alpha value is -3.14. The number of carbonyl (C=O) groups is 2. The van der Waals surface area contributed by atoms with E-state index in [4.69, 9.17) is 23.2 Å². The summed E-state index contributed by atoms with van der Waals surface area (Å²) in [4.78, 5) is 28.0. The van der Waals surface area contributed by atoms with Crippen LogP contribution in [0.4, 0.5) is 10.1 Å². The van der Waals surface area contributed by atoms with Crippen molar-refractivity contribution in [1.29, 1.82) is 0 Å². The Labute approximate surface area is 238 Å². The maximum atomic E-state index is 13.8. The third-order valence-electron chi connectivity index (χ3n) is 5.86. The van der Waals surface area contributed by atoms with Crippen LogP contribution in [0.25, 0.3) is 0 Å². The first-order valence-electron chi connectivity index (χ1n) is 12.2. The molecule has 0 bridgehead atoms. The average Bonchev–Trinajstić information content (AvgIpc) is 2.89. The summed E-state index contributed by atoms with van der Waals surface area (Å²) >= 11 is 12.4. The smallest absolute Gasteiger partial charge is 0.264 e. The summed E-state index contributed by atoms with van der Waals surface area (Å²) in [6, 6.07) is 16.4. The fourth-order valence-electron chi connectivity index (χ4n) is 3.75. The summed E-state index contributed by atoms with van der Waals surface area (Å²) in [5.41, 5.74) is 0.653. The molecule has 3 aromatic carbocycles. The van der Waals surface area contributed by atoms with Gasteiger partial charge in [0.1, 0.15) is 18.4 Å². The van der Waals surface area contributed by atoms with Gasteiger partial charge in [0.15, 0.2) is 0 Å². The van der Waals surface area contributed by atoms with E-state index in [1.807, 2.05) is 13.8 Å². The predicted octanol–water partition coefficient (Wildman–Crippen LogP) is 5.52. The Morgan fingerprint density at radius 1 is 0.923 bits per heavy atom. The maximum absolute atomic E-state index is 13.8. The summed E-state index contributed by atoms with van der Waals surface area (Å²) in [6.45, 7) is 5.14. The number of carbonyl (C=O) groups excluding carboxylic acids is 2. The van der Waals surface area contributed by atoms with Crippen LogP contribution >= 0.6 is 23.2 Å². The van der Waals surface area contributed by atoms with Crippen molar-refractivity contribution in [3.63, 3.8) is 0 Å². The number of sulfonamides is 1. The van der Waals surface area contributed by atoms with E-state index >= 15 is 0 Å². The second-order valence-corrected chi connectivity index (χ2v) is 12.2. The van der Waals surface area contributed by atoms with E-state index in [1.165, 1.54) is 59.5 Å². The van der Waals surface area contributed by atoms with Crippen molar-refractivity contribution in [2.75, 3.05) is 17.4 Å². The van der Waals surface area contributed by atoms with Crippen molar-refractivity contribution in [2.45, 2.75) is 38.3 Å². The Balaban J connectivity index is 2.03. The van der Waals surface area contributed by atoms with Gasteiger partial charge in [-0.2, -0.15) is 0 Å². The highest BCUT2D eigenvalue weighted by molar-refractivity contribution is 7.92. The number of benzene rings is 3. The van der Waals surface area contributed by atoms with Crippen LogP contribution in [-0.2, 0) is 26.2 Å². The van der Waals surface area contributed by atoms with E-state index in [1.54, 1.807) is 25.1 Å². The first-order valence-corrected chi connectivity index (χ1v) is 14.4. The molecule has 1 unspecified atom stereocenters. The van der Waals surface area contributed by atoms with E-state index in [0.29, 0.717) is 12.1 Å². The SMILES string of the molecule is CC(C)CNC(=O)C(C)N(Cc1ccc(F)cc1)C(=O)CN(c1cc(Cl)cc(Cl)c1)S(=O)(=O)c1ccccc1. The molecule has 0 saturated carbocycles. The second-order valence-electron chi connectivity index (χ2n) is 9.42. The molecule has 0 heterocycles. The number of hydrogen-bond acceptors (Lipinski definition) is 4. The molecule has 0 spiro atoms. The Morgan fingerprint density at radius 2 is 1.51 bits per heavy atom. The number of nitrogens with one attached hydrogen (secondary N) is 1. The van der Waals surface area contributed by atoms with Crippen molar-refractivity contribution in [2.24, 2.45) is 5.92 Å². The average molecular weight is 595 g/mol. The highest BCUT2D eigenvalue weighted by Crippen LogP contribution is 2.30. The Kier molecular flexibility index (Phi) is 10.4. The van der Waals surface area contributed by atoms with Crippen LogP contribution in [-0.4, -0.2) is 44.3 Å². The van der Waals surface area contributed by atoms with E-state index in [2.05, 4.69) is 5.32 Å². The van der Waals surface area contributed by atoms with Gasteiger partial charge < -0.3 is 10.2 Å². The molecule has 39 heavy (non-hydrogen) atoms. The van der Waals surface area contributed by atoms with Gasteiger partial charge in [-0.15, -0.1) is 0 Å². The minimum Gasteiger partial charge on any atom is -0.354 e. The van der Waals surface area contributed by atoms with Gasteiger partial charge in [-0.1, -0.05) is 67.4 Å². The predicted molar refractivity (Wildman–Crippen MR) is 152 cm³/mol. The van der Waals surface area contributed by atoms with Crippen LogP contribution in [0.1, 0.15) is 26.3 Å². The van der Waals surface area contributed by atoms with Gasteiger partial charge in [-0.25, -0.2) is 12.8 Å². The number of halogens is 3. The number of nitrogens with zero attached hydrogens (tertiary/aromatic N) is 2. The number of rotatable bonds is 11. The highest BCUT2D eigenvalue weighted by atomic mass is 35.5.